The van der Waals surface area contributed by atoms with Crippen molar-refractivity contribution in [2.75, 3.05) is 0 Å². The number of benzene rings is 2. The lowest BCUT2D eigenvalue weighted by atomic mass is 10.0. The molecule has 0 aliphatic heterocycles. The quantitative estimate of drug-likeness (QED) is 0.240. The van der Waals surface area contributed by atoms with Crippen molar-refractivity contribution in [3.05, 3.63) is 116 Å². The Morgan fingerprint density at radius 1 is 1.05 bits per heavy atom. The first-order valence-corrected chi connectivity index (χ1v) is 11.9. The van der Waals surface area contributed by atoms with E-state index in [-0.39, 0.29) is 11.4 Å². The average Bonchev–Trinajstić information content (AvgIpc) is 3.32. The number of nitrogens with zero attached hydrogens (tertiary/aromatic N) is 4. The summed E-state index contributed by atoms with van der Waals surface area (Å²) in [5, 5.41) is 10.3. The molecule has 188 valence electrons. The van der Waals surface area contributed by atoms with Crippen LogP contribution >= 0.6 is 11.3 Å². The summed E-state index contributed by atoms with van der Waals surface area (Å²) in [5.41, 5.74) is -2.81. The monoisotopic (exact) mass is 532 g/mol. The van der Waals surface area contributed by atoms with E-state index < -0.39 is 52.2 Å². The lowest BCUT2D eigenvalue weighted by Crippen LogP contribution is -2.43. The summed E-state index contributed by atoms with van der Waals surface area (Å²) < 4.78 is 44.2. The van der Waals surface area contributed by atoms with E-state index >= 15 is 0 Å². The molecular weight excluding hydrogens is 517 g/mol. The van der Waals surface area contributed by atoms with E-state index in [1.807, 2.05) is 6.07 Å². The molecule has 0 aliphatic carbocycles. The molecule has 3 aromatic heterocycles. The maximum Gasteiger partial charge on any atom is 0.337 e. The standard InChI is InChI=1S/C27H15F3N4O3S/c1-14-8-17(13-32-12-14)34-26(36)22(25(35)16-9-18(28)23(30)19(29)10-16)24(33(7-6-31)27(34)37)21-11-15-4-2-3-5-20(15)38-21/h2-5,8-13H,7H2,1H3. The van der Waals surface area contributed by atoms with Crippen molar-refractivity contribution in [3.63, 3.8) is 0 Å². The molecule has 38 heavy (non-hydrogen) atoms. The molecule has 0 unspecified atom stereocenters. The van der Waals surface area contributed by atoms with Gasteiger partial charge in [-0.05, 0) is 48.2 Å². The average molecular weight is 533 g/mol. The summed E-state index contributed by atoms with van der Waals surface area (Å²) >= 11 is 1.16. The zero-order valence-electron chi connectivity index (χ0n) is 19.5. The van der Waals surface area contributed by atoms with Crippen LogP contribution in [0.3, 0.4) is 0 Å². The second kappa shape index (κ2) is 9.57. The first-order chi connectivity index (χ1) is 18.2. The van der Waals surface area contributed by atoms with E-state index in [0.29, 0.717) is 27.1 Å². The first kappa shape index (κ1) is 24.9. The summed E-state index contributed by atoms with van der Waals surface area (Å²) in [6, 6.07) is 13.1. The Hall–Kier alpha value is -4.82. The van der Waals surface area contributed by atoms with E-state index in [2.05, 4.69) is 4.98 Å². The SMILES string of the molecule is Cc1cncc(-n2c(=O)c(C(=O)c3cc(F)c(F)c(F)c3)c(-c3cc4ccccc4s3)n(CC#N)c2=O)c1. The van der Waals surface area contributed by atoms with Crippen LogP contribution in [0.1, 0.15) is 21.5 Å². The van der Waals surface area contributed by atoms with Gasteiger partial charge in [0.25, 0.3) is 5.56 Å². The van der Waals surface area contributed by atoms with Gasteiger partial charge in [-0.1, -0.05) is 18.2 Å². The predicted octanol–water partition coefficient (Wildman–Crippen LogP) is 4.76. The Morgan fingerprint density at radius 2 is 1.76 bits per heavy atom. The van der Waals surface area contributed by atoms with Gasteiger partial charge in [0.1, 0.15) is 12.1 Å². The number of thiophene rings is 1. The van der Waals surface area contributed by atoms with Gasteiger partial charge < -0.3 is 0 Å². The van der Waals surface area contributed by atoms with Crippen LogP contribution in [-0.2, 0) is 6.54 Å². The van der Waals surface area contributed by atoms with Crippen LogP contribution in [-0.4, -0.2) is 19.9 Å². The number of pyridine rings is 1. The number of hydrogen-bond donors (Lipinski definition) is 0. The number of halogens is 3. The molecule has 5 rings (SSSR count). The highest BCUT2D eigenvalue weighted by Crippen LogP contribution is 2.35. The third-order valence-corrected chi connectivity index (χ3v) is 6.95. The fourth-order valence-electron chi connectivity index (χ4n) is 4.15. The number of aryl methyl sites for hydroxylation is 1. The highest BCUT2D eigenvalue weighted by molar-refractivity contribution is 7.22. The van der Waals surface area contributed by atoms with Crippen LogP contribution in [0.5, 0.6) is 0 Å². The van der Waals surface area contributed by atoms with Crippen molar-refractivity contribution in [1.82, 2.24) is 14.1 Å². The number of ketones is 1. The lowest BCUT2D eigenvalue weighted by Gasteiger charge is -2.17. The molecule has 0 saturated carbocycles. The maximum absolute atomic E-state index is 14.1. The molecule has 0 spiro atoms. The maximum atomic E-state index is 14.1. The Balaban J connectivity index is 1.93. The van der Waals surface area contributed by atoms with E-state index in [1.54, 1.807) is 37.3 Å². The molecule has 2 aromatic carbocycles. The van der Waals surface area contributed by atoms with E-state index in [1.165, 1.54) is 18.5 Å². The van der Waals surface area contributed by atoms with Gasteiger partial charge >= 0.3 is 5.69 Å². The largest absolute Gasteiger partial charge is 0.337 e. The van der Waals surface area contributed by atoms with Gasteiger partial charge in [0.15, 0.2) is 17.5 Å². The Kier molecular flexibility index (Phi) is 6.26. The zero-order chi connectivity index (χ0) is 27.1. The normalized spacial score (nSPS) is 11.0. The number of fused-ring (bicyclic) bond motifs is 1. The van der Waals surface area contributed by atoms with Crippen LogP contribution in [0.2, 0.25) is 0 Å². The van der Waals surface area contributed by atoms with Crippen LogP contribution in [0.4, 0.5) is 13.2 Å². The summed E-state index contributed by atoms with van der Waals surface area (Å²) in [4.78, 5) is 45.5. The number of nitriles is 1. The van der Waals surface area contributed by atoms with E-state index in [9.17, 15) is 32.8 Å². The Bertz CT molecular complexity index is 1880. The molecule has 7 nitrogen and oxygen atoms in total. The van der Waals surface area contributed by atoms with Crippen LogP contribution < -0.4 is 11.2 Å². The minimum absolute atomic E-state index is 0.0279. The lowest BCUT2D eigenvalue weighted by molar-refractivity contribution is 0.103. The molecule has 0 bridgehead atoms. The minimum atomic E-state index is -1.77. The fourth-order valence-corrected chi connectivity index (χ4v) is 5.27. The number of carbonyl (C=O) groups is 1. The molecule has 0 N–H and O–H groups in total. The third kappa shape index (κ3) is 4.10. The van der Waals surface area contributed by atoms with Crippen molar-refractivity contribution < 1.29 is 18.0 Å². The van der Waals surface area contributed by atoms with Crippen molar-refractivity contribution >= 4 is 27.2 Å². The first-order valence-electron chi connectivity index (χ1n) is 11.1. The highest BCUT2D eigenvalue weighted by atomic mass is 32.1. The van der Waals surface area contributed by atoms with Gasteiger partial charge in [-0.3, -0.25) is 19.1 Å². The molecule has 5 aromatic rings. The van der Waals surface area contributed by atoms with Gasteiger partial charge in [-0.15, -0.1) is 11.3 Å². The molecule has 11 heteroatoms. The fraction of sp³-hybridized carbons (Fsp3) is 0.0741. The predicted molar refractivity (Wildman–Crippen MR) is 135 cm³/mol. The smallest absolute Gasteiger partial charge is 0.288 e. The summed E-state index contributed by atoms with van der Waals surface area (Å²) in [6.07, 6.45) is 2.72. The van der Waals surface area contributed by atoms with Gasteiger partial charge in [0.05, 0.1) is 28.5 Å². The molecule has 0 atom stereocenters. The summed E-state index contributed by atoms with van der Waals surface area (Å²) in [6.45, 7) is 1.13. The Labute approximate surface area is 216 Å². The second-order valence-corrected chi connectivity index (χ2v) is 9.43. The van der Waals surface area contributed by atoms with Gasteiger partial charge in [-0.2, -0.15) is 5.26 Å². The minimum Gasteiger partial charge on any atom is -0.288 e. The van der Waals surface area contributed by atoms with Crippen LogP contribution in [0.15, 0.2) is 70.5 Å². The van der Waals surface area contributed by atoms with Gasteiger partial charge in [0, 0.05) is 16.5 Å². The van der Waals surface area contributed by atoms with E-state index in [0.717, 1.165) is 26.0 Å². The summed E-state index contributed by atoms with van der Waals surface area (Å²) in [5.74, 6) is -6.17. The highest BCUT2D eigenvalue weighted by Gasteiger charge is 2.29. The molecule has 3 heterocycles. The van der Waals surface area contributed by atoms with Gasteiger partial charge in [0.2, 0.25) is 5.78 Å². The Morgan fingerprint density at radius 3 is 2.42 bits per heavy atom. The molecule has 0 fully saturated rings. The molecular formula is C27H15F3N4O3S. The van der Waals surface area contributed by atoms with Crippen molar-refractivity contribution in [2.24, 2.45) is 0 Å². The topological polar surface area (TPSA) is 97.8 Å². The second-order valence-electron chi connectivity index (χ2n) is 8.34. The number of aromatic nitrogens is 3. The number of hydrogen-bond acceptors (Lipinski definition) is 6. The number of rotatable bonds is 5. The molecule has 0 amide bonds. The van der Waals surface area contributed by atoms with Gasteiger partial charge in [-0.25, -0.2) is 22.5 Å². The van der Waals surface area contributed by atoms with Crippen molar-refractivity contribution in [3.8, 4) is 22.3 Å². The molecule has 0 saturated heterocycles. The third-order valence-electron chi connectivity index (χ3n) is 5.83. The van der Waals surface area contributed by atoms with Crippen molar-refractivity contribution in [2.45, 2.75) is 13.5 Å². The number of carbonyl (C=O) groups excluding carboxylic acids is 1. The van der Waals surface area contributed by atoms with Crippen molar-refractivity contribution in [1.29, 1.82) is 5.26 Å². The van der Waals surface area contributed by atoms with E-state index in [4.69, 9.17) is 0 Å². The summed E-state index contributed by atoms with van der Waals surface area (Å²) in [7, 11) is 0. The van der Waals surface area contributed by atoms with Crippen LogP contribution in [0.25, 0.3) is 26.3 Å². The van der Waals surface area contributed by atoms with Crippen LogP contribution in [0, 0.1) is 35.7 Å². The molecule has 0 radical (unpaired) electrons. The molecule has 0 aliphatic rings. The zero-order valence-corrected chi connectivity index (χ0v) is 20.4.